The number of alkyl halides is 3. The van der Waals surface area contributed by atoms with Crippen molar-refractivity contribution in [3.63, 3.8) is 0 Å². The molecule has 0 bridgehead atoms. The lowest BCUT2D eigenvalue weighted by molar-refractivity contribution is -0.153. The van der Waals surface area contributed by atoms with Crippen molar-refractivity contribution in [2.75, 3.05) is 32.5 Å². The van der Waals surface area contributed by atoms with Crippen LogP contribution in [0.1, 0.15) is 17.5 Å². The minimum atomic E-state index is -4.61. The van der Waals surface area contributed by atoms with Crippen LogP contribution in [0.25, 0.3) is 5.76 Å². The van der Waals surface area contributed by atoms with Gasteiger partial charge < -0.3 is 36.8 Å². The molecule has 4 atom stereocenters. The van der Waals surface area contributed by atoms with Gasteiger partial charge in [0.05, 0.1) is 30.4 Å². The van der Waals surface area contributed by atoms with Crippen molar-refractivity contribution in [2.24, 2.45) is 17.6 Å². The number of halogens is 6. The number of rotatable bonds is 6. The Bertz CT molecular complexity index is 1450. The summed E-state index contributed by atoms with van der Waals surface area (Å²) in [5, 5.41) is 48.1. The largest absolute Gasteiger partial charge is 0.508 e. The third-order valence-corrected chi connectivity index (χ3v) is 7.55. The number of hydrogen-bond acceptors (Lipinski definition) is 10. The number of hydrogen-bond donors (Lipinski definition) is 7. The zero-order valence-electron chi connectivity index (χ0n) is 22.4. The molecule has 3 aliphatic carbocycles. The number of amides is 2. The normalized spacial score (nSPS) is 24.9. The van der Waals surface area contributed by atoms with Crippen LogP contribution < -0.4 is 16.4 Å². The first-order valence-electron chi connectivity index (χ1n) is 12.2. The number of benzene rings is 1. The van der Waals surface area contributed by atoms with Gasteiger partial charge in [0, 0.05) is 23.1 Å². The van der Waals surface area contributed by atoms with Crippen LogP contribution in [0.15, 0.2) is 23.0 Å². The number of carbonyl (C=O) groups is 4. The Balaban J connectivity index is 0.00000323. The Morgan fingerprint density at radius 3 is 2.30 bits per heavy atom. The van der Waals surface area contributed by atoms with Crippen LogP contribution in [0.2, 0.25) is 0 Å². The van der Waals surface area contributed by atoms with E-state index in [1.807, 2.05) is 10.6 Å². The van der Waals surface area contributed by atoms with E-state index in [1.165, 1.54) is 19.0 Å². The summed E-state index contributed by atoms with van der Waals surface area (Å²) in [4.78, 5) is 52.2. The minimum absolute atomic E-state index is 0. The van der Waals surface area contributed by atoms with Gasteiger partial charge in [0.2, 0.25) is 11.7 Å². The van der Waals surface area contributed by atoms with Crippen molar-refractivity contribution < 1.29 is 57.2 Å². The lowest BCUT2D eigenvalue weighted by atomic mass is 9.57. The maximum Gasteiger partial charge on any atom is 0.401 e. The molecular weight excluding hydrogens is 631 g/mol. The molecule has 0 unspecified atom stereocenters. The van der Waals surface area contributed by atoms with Crippen LogP contribution in [0.5, 0.6) is 5.75 Å². The first-order chi connectivity index (χ1) is 18.9. The summed E-state index contributed by atoms with van der Waals surface area (Å²) in [6.07, 6.45) is -5.19. The number of carbonyl (C=O) groups excluding carboxylic acids is 4. The Labute approximate surface area is 253 Å². The SMILES string of the molecule is CN(C)[C@@H]1C(=O)C(C(N)=O)=C(O)[C@@]2(O)C(=O)C3=C(O)c4c(O)c(NC(=O)CNCC(F)(F)F)cc(F)c4C[C@H]3C[C@@H]12.Cl.Cl. The monoisotopic (exact) mass is 658 g/mol. The number of nitrogens with two attached hydrogens (primary N) is 1. The smallest absolute Gasteiger partial charge is 0.401 e. The number of ketones is 2. The summed E-state index contributed by atoms with van der Waals surface area (Å²) in [7, 11) is 2.86. The second-order valence-corrected chi connectivity index (χ2v) is 10.3. The zero-order valence-corrected chi connectivity index (χ0v) is 24.0. The van der Waals surface area contributed by atoms with Gasteiger partial charge in [-0.25, -0.2) is 4.39 Å². The lowest BCUT2D eigenvalue weighted by Crippen LogP contribution is -2.65. The molecule has 2 amide bonds. The highest BCUT2D eigenvalue weighted by atomic mass is 35.5. The molecule has 1 aromatic rings. The van der Waals surface area contributed by atoms with E-state index in [0.29, 0.717) is 6.07 Å². The number of primary amides is 1. The second-order valence-electron chi connectivity index (χ2n) is 10.3. The topological polar surface area (TPSA) is 203 Å². The number of aromatic hydroxyl groups is 1. The molecule has 8 N–H and O–H groups in total. The quantitative estimate of drug-likeness (QED) is 0.131. The highest BCUT2D eigenvalue weighted by Crippen LogP contribution is 2.53. The first-order valence-corrected chi connectivity index (χ1v) is 12.2. The van der Waals surface area contributed by atoms with E-state index in [-0.39, 0.29) is 43.2 Å². The van der Waals surface area contributed by atoms with Gasteiger partial charge in [0.25, 0.3) is 5.91 Å². The zero-order chi connectivity index (χ0) is 30.8. The fourth-order valence-electron chi connectivity index (χ4n) is 5.87. The third kappa shape index (κ3) is 5.89. The average molecular weight is 659 g/mol. The van der Waals surface area contributed by atoms with Gasteiger partial charge in [0.15, 0.2) is 17.1 Å². The molecule has 1 fully saturated rings. The predicted molar refractivity (Wildman–Crippen MR) is 146 cm³/mol. The highest BCUT2D eigenvalue weighted by Gasteiger charge is 2.64. The predicted octanol–water partition coefficient (Wildman–Crippen LogP) is 1.04. The molecule has 12 nitrogen and oxygen atoms in total. The fraction of sp³-hybridized carbons (Fsp3) is 0.440. The fourth-order valence-corrected chi connectivity index (χ4v) is 5.87. The Morgan fingerprint density at radius 2 is 1.77 bits per heavy atom. The Morgan fingerprint density at radius 1 is 1.16 bits per heavy atom. The van der Waals surface area contributed by atoms with Gasteiger partial charge in [-0.2, -0.15) is 13.2 Å². The molecule has 1 saturated carbocycles. The number of nitrogens with zero attached hydrogens (tertiary/aromatic N) is 1. The van der Waals surface area contributed by atoms with Crippen LogP contribution in [-0.4, -0.2) is 93.7 Å². The molecular formula is C25H28Cl2F4N4O8. The summed E-state index contributed by atoms with van der Waals surface area (Å²) in [5.74, 6) is -11.4. The van der Waals surface area contributed by atoms with Gasteiger partial charge >= 0.3 is 6.18 Å². The van der Waals surface area contributed by atoms with Crippen molar-refractivity contribution in [1.29, 1.82) is 0 Å². The number of phenols is 1. The number of aliphatic hydroxyl groups excluding tert-OH is 2. The van der Waals surface area contributed by atoms with Gasteiger partial charge in [-0.3, -0.25) is 24.1 Å². The van der Waals surface area contributed by atoms with Gasteiger partial charge in [-0.05, 0) is 32.9 Å². The van der Waals surface area contributed by atoms with Crippen LogP contribution in [0.4, 0.5) is 23.2 Å². The van der Waals surface area contributed by atoms with E-state index in [2.05, 4.69) is 0 Å². The summed E-state index contributed by atoms with van der Waals surface area (Å²) >= 11 is 0. The lowest BCUT2D eigenvalue weighted by Gasteiger charge is -2.50. The number of likely N-dealkylation sites (N-methyl/N-ethyl adjacent to an activating group) is 1. The molecule has 0 spiro atoms. The Kier molecular flexibility index (Phi) is 10.2. The number of phenolic OH excluding ortho intramolecular Hbond substituents is 1. The summed E-state index contributed by atoms with van der Waals surface area (Å²) in [5.41, 5.74) is -0.702. The molecule has 3 aliphatic rings. The van der Waals surface area contributed by atoms with Crippen LogP contribution >= 0.6 is 24.8 Å². The van der Waals surface area contributed by atoms with E-state index in [0.717, 1.165) is 0 Å². The molecule has 238 valence electrons. The minimum Gasteiger partial charge on any atom is -0.508 e. The summed E-state index contributed by atoms with van der Waals surface area (Å²) in [6.45, 7) is -2.36. The van der Waals surface area contributed by atoms with E-state index >= 15 is 4.39 Å². The third-order valence-electron chi connectivity index (χ3n) is 7.55. The van der Waals surface area contributed by atoms with Crippen molar-refractivity contribution in [3.8, 4) is 5.75 Å². The number of fused-ring (bicyclic) bond motifs is 3. The number of aliphatic hydroxyl groups is 3. The standard InChI is InChI=1S/C25H26F4N4O8.2ClH/c1-33(2)17-10-4-8-3-9-11(26)5-12(32-13(34)6-31-7-24(27,28)29)18(35)15(9)19(36)14(8)21(38)25(10,41)22(39)16(20(17)37)23(30)40;;/h5,8,10,17,31,35-36,39,41H,3-4,6-7H2,1-2H3,(H2,30,40)(H,32,34);2*1H/t8-,10-,17-,25-;;/m0../s1. The molecule has 4 rings (SSSR count). The average Bonchev–Trinajstić information content (AvgIpc) is 2.83. The molecule has 43 heavy (non-hydrogen) atoms. The van der Waals surface area contributed by atoms with Gasteiger partial charge in [0.1, 0.15) is 22.9 Å². The number of nitrogens with one attached hydrogen (secondary N) is 2. The van der Waals surface area contributed by atoms with E-state index in [4.69, 9.17) is 5.73 Å². The van der Waals surface area contributed by atoms with Crippen LogP contribution in [0, 0.1) is 17.7 Å². The Hall–Kier alpha value is -3.44. The van der Waals surface area contributed by atoms with Crippen molar-refractivity contribution in [2.45, 2.75) is 30.7 Å². The molecule has 0 radical (unpaired) electrons. The van der Waals surface area contributed by atoms with E-state index in [9.17, 15) is 52.8 Å². The number of Topliss-reactive ketones (excluding diaryl/α,β-unsaturated/α-hetero) is 2. The van der Waals surface area contributed by atoms with Gasteiger partial charge in [-0.15, -0.1) is 24.8 Å². The van der Waals surface area contributed by atoms with Crippen molar-refractivity contribution >= 4 is 59.6 Å². The van der Waals surface area contributed by atoms with E-state index < -0.39 is 112 Å². The maximum absolute atomic E-state index is 15.2. The maximum atomic E-state index is 15.2. The highest BCUT2D eigenvalue weighted by molar-refractivity contribution is 6.24. The van der Waals surface area contributed by atoms with E-state index in [1.54, 1.807) is 0 Å². The summed E-state index contributed by atoms with van der Waals surface area (Å²) < 4.78 is 52.2. The van der Waals surface area contributed by atoms with Crippen molar-refractivity contribution in [3.05, 3.63) is 39.9 Å². The molecule has 0 saturated heterocycles. The molecule has 0 aromatic heterocycles. The molecule has 1 aromatic carbocycles. The second kappa shape index (κ2) is 12.3. The molecule has 18 heteroatoms. The van der Waals surface area contributed by atoms with Crippen molar-refractivity contribution in [1.82, 2.24) is 10.2 Å². The van der Waals surface area contributed by atoms with Crippen LogP contribution in [-0.2, 0) is 25.6 Å². The van der Waals surface area contributed by atoms with Crippen LogP contribution in [0.3, 0.4) is 0 Å². The number of anilines is 1. The molecule has 0 heterocycles. The molecule has 0 aliphatic heterocycles. The summed E-state index contributed by atoms with van der Waals surface area (Å²) in [6, 6.07) is -0.621. The first kappa shape index (κ1) is 35.8. The van der Waals surface area contributed by atoms with Gasteiger partial charge in [-0.1, -0.05) is 0 Å².